The first-order chi connectivity index (χ1) is 9.49. The molecular weight excluding hydrogens is 276 g/mol. The first kappa shape index (κ1) is 13.2. The van der Waals surface area contributed by atoms with Crippen LogP contribution in [0, 0.1) is 6.92 Å². The Morgan fingerprint density at radius 1 is 1.35 bits per heavy atom. The minimum atomic E-state index is -1.15. The number of cyclic esters (lactones) is 1. The number of aryl methyl sites for hydroxylation is 1. The molecule has 2 saturated heterocycles. The number of hydrogen-bond donors (Lipinski definition) is 1. The van der Waals surface area contributed by atoms with Crippen LogP contribution in [0.25, 0.3) is 0 Å². The number of amides is 1. The summed E-state index contributed by atoms with van der Waals surface area (Å²) in [5, 5.41) is 3.12. The number of aliphatic imine (C=N–C) groups is 1. The molecule has 2 atom stereocenters. The van der Waals surface area contributed by atoms with Gasteiger partial charge in [-0.3, -0.25) is 4.79 Å². The van der Waals surface area contributed by atoms with Crippen molar-refractivity contribution in [3.8, 4) is 0 Å². The first-order valence-electron chi connectivity index (χ1n) is 6.36. The highest BCUT2D eigenvalue weighted by molar-refractivity contribution is 8.17. The van der Waals surface area contributed by atoms with Crippen LogP contribution in [0.2, 0.25) is 0 Å². The van der Waals surface area contributed by atoms with Crippen molar-refractivity contribution in [1.82, 2.24) is 5.32 Å². The van der Waals surface area contributed by atoms with Gasteiger partial charge in [0.15, 0.2) is 5.17 Å². The Bertz CT molecular complexity index is 611. The SMILES string of the molecule is Cc1ccc(N=C2NC(=O)[C@]3(C[C@@H](C)OC3=O)S2)cc1. The number of carbonyl (C=O) groups is 2. The molecular formula is C14H14N2O3S. The topological polar surface area (TPSA) is 67.8 Å². The van der Waals surface area contributed by atoms with E-state index in [1.54, 1.807) is 6.92 Å². The second-order valence-corrected chi connectivity index (χ2v) is 6.34. The minimum Gasteiger partial charge on any atom is -0.461 e. The lowest BCUT2D eigenvalue weighted by Crippen LogP contribution is -2.40. The Labute approximate surface area is 120 Å². The summed E-state index contributed by atoms with van der Waals surface area (Å²) < 4.78 is 3.96. The maximum atomic E-state index is 12.1. The van der Waals surface area contributed by atoms with Crippen molar-refractivity contribution in [1.29, 1.82) is 0 Å². The average molecular weight is 290 g/mol. The summed E-state index contributed by atoms with van der Waals surface area (Å²) in [5.74, 6) is -0.802. The Morgan fingerprint density at radius 3 is 2.65 bits per heavy atom. The van der Waals surface area contributed by atoms with Crippen molar-refractivity contribution in [2.45, 2.75) is 31.1 Å². The Morgan fingerprint density at radius 2 is 2.05 bits per heavy atom. The molecule has 0 radical (unpaired) electrons. The van der Waals surface area contributed by atoms with E-state index in [0.29, 0.717) is 11.6 Å². The van der Waals surface area contributed by atoms with Crippen LogP contribution in [0.15, 0.2) is 29.3 Å². The summed E-state index contributed by atoms with van der Waals surface area (Å²) in [6.45, 7) is 3.78. The zero-order valence-corrected chi connectivity index (χ0v) is 12.0. The number of rotatable bonds is 1. The van der Waals surface area contributed by atoms with Gasteiger partial charge in [0.1, 0.15) is 6.10 Å². The maximum Gasteiger partial charge on any atom is 0.332 e. The molecule has 3 rings (SSSR count). The zero-order chi connectivity index (χ0) is 14.3. The molecule has 2 fully saturated rings. The van der Waals surface area contributed by atoms with Crippen LogP contribution in [0.5, 0.6) is 0 Å². The van der Waals surface area contributed by atoms with E-state index in [2.05, 4.69) is 10.3 Å². The number of benzene rings is 1. The lowest BCUT2D eigenvalue weighted by atomic mass is 10.0. The quantitative estimate of drug-likeness (QED) is 0.634. The first-order valence-corrected chi connectivity index (χ1v) is 7.18. The molecule has 0 aromatic heterocycles. The largest absolute Gasteiger partial charge is 0.461 e. The number of nitrogens with one attached hydrogen (secondary N) is 1. The number of esters is 1. The molecule has 20 heavy (non-hydrogen) atoms. The lowest BCUT2D eigenvalue weighted by molar-refractivity contribution is -0.144. The zero-order valence-electron chi connectivity index (χ0n) is 11.2. The molecule has 1 aromatic rings. The smallest absolute Gasteiger partial charge is 0.332 e. The third kappa shape index (κ3) is 2.10. The Balaban J connectivity index is 1.87. The third-order valence-corrected chi connectivity index (χ3v) is 4.59. The van der Waals surface area contributed by atoms with Gasteiger partial charge in [0.25, 0.3) is 5.91 Å². The van der Waals surface area contributed by atoms with Gasteiger partial charge in [-0.2, -0.15) is 0 Å². The predicted molar refractivity (Wildman–Crippen MR) is 76.9 cm³/mol. The summed E-state index contributed by atoms with van der Waals surface area (Å²) in [6.07, 6.45) is 0.148. The van der Waals surface area contributed by atoms with Gasteiger partial charge in [0.2, 0.25) is 4.75 Å². The van der Waals surface area contributed by atoms with E-state index in [9.17, 15) is 9.59 Å². The van der Waals surface area contributed by atoms with E-state index in [1.807, 2.05) is 31.2 Å². The molecule has 2 heterocycles. The molecule has 1 N–H and O–H groups in total. The second-order valence-electron chi connectivity index (χ2n) is 5.06. The molecule has 6 heteroatoms. The summed E-state index contributed by atoms with van der Waals surface area (Å²) in [6, 6.07) is 7.64. The standard InChI is InChI=1S/C14H14N2O3S/c1-8-3-5-10(6-4-8)15-13-16-11(17)14(20-13)7-9(2)19-12(14)18/h3-6,9H,7H2,1-2H3,(H,15,16,17)/t9-,14+/m1/s1. The fourth-order valence-corrected chi connectivity index (χ4v) is 3.52. The fourth-order valence-electron chi connectivity index (χ4n) is 2.30. The van der Waals surface area contributed by atoms with Gasteiger partial charge in [-0.05, 0) is 26.0 Å². The number of hydrogen-bond acceptors (Lipinski definition) is 5. The van der Waals surface area contributed by atoms with Crippen LogP contribution in [0.1, 0.15) is 18.9 Å². The molecule has 1 spiro atoms. The summed E-state index contributed by atoms with van der Waals surface area (Å²) in [7, 11) is 0. The molecule has 2 aliphatic heterocycles. The molecule has 2 aliphatic rings. The van der Waals surface area contributed by atoms with E-state index in [-0.39, 0.29) is 12.0 Å². The molecule has 1 amide bonds. The molecule has 0 unspecified atom stereocenters. The molecule has 5 nitrogen and oxygen atoms in total. The number of ether oxygens (including phenoxy) is 1. The molecule has 0 aliphatic carbocycles. The van der Waals surface area contributed by atoms with Crippen LogP contribution in [0.3, 0.4) is 0 Å². The van der Waals surface area contributed by atoms with Gasteiger partial charge in [0, 0.05) is 6.42 Å². The van der Waals surface area contributed by atoms with E-state index >= 15 is 0 Å². The number of thioether (sulfide) groups is 1. The van der Waals surface area contributed by atoms with Gasteiger partial charge < -0.3 is 10.1 Å². The minimum absolute atomic E-state index is 0.237. The number of amidine groups is 1. The van der Waals surface area contributed by atoms with Crippen molar-refractivity contribution in [2.24, 2.45) is 4.99 Å². The van der Waals surface area contributed by atoms with Gasteiger partial charge in [-0.1, -0.05) is 29.5 Å². The highest BCUT2D eigenvalue weighted by Crippen LogP contribution is 2.42. The highest BCUT2D eigenvalue weighted by atomic mass is 32.2. The lowest BCUT2D eigenvalue weighted by Gasteiger charge is -2.10. The van der Waals surface area contributed by atoms with Crippen LogP contribution >= 0.6 is 11.8 Å². The Hall–Kier alpha value is -1.82. The summed E-state index contributed by atoms with van der Waals surface area (Å²) in [4.78, 5) is 28.4. The molecule has 0 saturated carbocycles. The second kappa shape index (κ2) is 4.63. The number of carbonyl (C=O) groups excluding carboxylic acids is 2. The summed E-state index contributed by atoms with van der Waals surface area (Å²) >= 11 is 1.15. The third-order valence-electron chi connectivity index (χ3n) is 3.34. The fraction of sp³-hybridized carbons (Fsp3) is 0.357. The molecule has 1 aromatic carbocycles. The van der Waals surface area contributed by atoms with Crippen LogP contribution in [-0.2, 0) is 14.3 Å². The van der Waals surface area contributed by atoms with Crippen molar-refractivity contribution < 1.29 is 14.3 Å². The van der Waals surface area contributed by atoms with E-state index in [4.69, 9.17) is 4.74 Å². The van der Waals surface area contributed by atoms with Gasteiger partial charge >= 0.3 is 5.97 Å². The van der Waals surface area contributed by atoms with Crippen molar-refractivity contribution in [2.75, 3.05) is 0 Å². The van der Waals surface area contributed by atoms with Crippen LogP contribution in [0.4, 0.5) is 5.69 Å². The molecule has 0 bridgehead atoms. The highest BCUT2D eigenvalue weighted by Gasteiger charge is 2.59. The summed E-state index contributed by atoms with van der Waals surface area (Å²) in [5.41, 5.74) is 1.89. The number of nitrogens with zero attached hydrogens (tertiary/aromatic N) is 1. The van der Waals surface area contributed by atoms with Crippen molar-refractivity contribution >= 4 is 34.5 Å². The normalized spacial score (nSPS) is 30.9. The maximum absolute atomic E-state index is 12.1. The van der Waals surface area contributed by atoms with E-state index < -0.39 is 10.7 Å². The van der Waals surface area contributed by atoms with E-state index in [0.717, 1.165) is 23.0 Å². The molecule has 104 valence electrons. The predicted octanol–water partition coefficient (Wildman–Crippen LogP) is 1.92. The van der Waals surface area contributed by atoms with Gasteiger partial charge in [-0.15, -0.1) is 0 Å². The van der Waals surface area contributed by atoms with Crippen LogP contribution in [-0.4, -0.2) is 27.9 Å². The van der Waals surface area contributed by atoms with Gasteiger partial charge in [0.05, 0.1) is 5.69 Å². The Kier molecular flexibility index (Phi) is 3.05. The van der Waals surface area contributed by atoms with Crippen molar-refractivity contribution in [3.05, 3.63) is 29.8 Å². The van der Waals surface area contributed by atoms with Crippen LogP contribution < -0.4 is 5.32 Å². The monoisotopic (exact) mass is 290 g/mol. The van der Waals surface area contributed by atoms with Crippen molar-refractivity contribution in [3.63, 3.8) is 0 Å². The van der Waals surface area contributed by atoms with E-state index in [1.165, 1.54) is 0 Å². The van der Waals surface area contributed by atoms with Gasteiger partial charge in [-0.25, -0.2) is 9.79 Å². The average Bonchev–Trinajstić information content (AvgIpc) is 2.84.